The topological polar surface area (TPSA) is 159 Å². The Bertz CT molecular complexity index is 661. The summed E-state index contributed by atoms with van der Waals surface area (Å²) in [7, 11) is 0.978. The summed E-state index contributed by atoms with van der Waals surface area (Å²) in [4.78, 5) is 23.9. The Labute approximate surface area is 128 Å². The first-order chi connectivity index (χ1) is 10.8. The molecule has 11 heteroatoms. The Morgan fingerprint density at radius 1 is 1.57 bits per heavy atom. The smallest absolute Gasteiger partial charge is 0.344 e. The predicted molar refractivity (Wildman–Crippen MR) is 74.0 cm³/mol. The van der Waals surface area contributed by atoms with Crippen molar-refractivity contribution in [3.63, 3.8) is 0 Å². The van der Waals surface area contributed by atoms with E-state index in [9.17, 15) is 29.5 Å². The van der Waals surface area contributed by atoms with Gasteiger partial charge in [0, 0.05) is 23.1 Å². The highest BCUT2D eigenvalue weighted by atomic mass is 19.1. The number of rotatable bonds is 7. The third-order valence-electron chi connectivity index (χ3n) is 2.99. The summed E-state index contributed by atoms with van der Waals surface area (Å²) < 4.78 is 18.3. The van der Waals surface area contributed by atoms with Crippen molar-refractivity contribution in [1.29, 1.82) is 0 Å². The molecule has 0 saturated heterocycles. The zero-order chi connectivity index (χ0) is 17.6. The third-order valence-corrected chi connectivity index (χ3v) is 2.99. The Hall–Kier alpha value is -2.75. The van der Waals surface area contributed by atoms with E-state index in [4.69, 9.17) is 5.53 Å². The normalized spacial score (nSPS) is 12.9. The van der Waals surface area contributed by atoms with Crippen LogP contribution in [0.2, 0.25) is 0 Å². The maximum Gasteiger partial charge on any atom is 0.344 e. The number of carbonyl (C=O) groups excluding carboxylic acids is 1. The molecule has 0 radical (unpaired) electrons. The largest absolute Gasteiger partial charge is 0.465 e. The van der Waals surface area contributed by atoms with Gasteiger partial charge in [0.25, 0.3) is 5.69 Å². The van der Waals surface area contributed by atoms with Crippen LogP contribution in [0.15, 0.2) is 17.2 Å². The highest BCUT2D eigenvalue weighted by Gasteiger charge is 2.29. The van der Waals surface area contributed by atoms with E-state index >= 15 is 0 Å². The van der Waals surface area contributed by atoms with Crippen LogP contribution in [0, 0.1) is 15.9 Å². The number of esters is 1. The van der Waals surface area contributed by atoms with Crippen molar-refractivity contribution in [3.8, 4) is 0 Å². The average Bonchev–Trinajstić information content (AvgIpc) is 2.52. The lowest BCUT2D eigenvalue weighted by molar-refractivity contribution is -0.385. The molecule has 0 aliphatic carbocycles. The Morgan fingerprint density at radius 2 is 2.22 bits per heavy atom. The number of nitro benzene ring substituents is 1. The first-order valence-corrected chi connectivity index (χ1v) is 6.26. The maximum absolute atomic E-state index is 14.0. The molecule has 0 saturated carbocycles. The molecule has 1 rings (SSSR count). The number of aliphatic hydroxyl groups excluding tert-OH is 2. The minimum Gasteiger partial charge on any atom is -0.465 e. The van der Waals surface area contributed by atoms with Crippen LogP contribution >= 0.6 is 0 Å². The Balaban J connectivity index is 3.21. The maximum atomic E-state index is 14.0. The summed E-state index contributed by atoms with van der Waals surface area (Å²) in [6, 6.07) is 1.21. The summed E-state index contributed by atoms with van der Waals surface area (Å²) in [6.07, 6.45) is -3.50. The fourth-order valence-electron chi connectivity index (χ4n) is 1.83. The predicted octanol–water partition coefficient (Wildman–Crippen LogP) is 1.62. The van der Waals surface area contributed by atoms with E-state index in [2.05, 4.69) is 14.8 Å². The zero-order valence-corrected chi connectivity index (χ0v) is 11.9. The van der Waals surface area contributed by atoms with Gasteiger partial charge < -0.3 is 14.9 Å². The highest BCUT2D eigenvalue weighted by molar-refractivity contribution is 5.94. The lowest BCUT2D eigenvalue weighted by atomic mass is 9.99. The molecule has 124 valence electrons. The van der Waals surface area contributed by atoms with Crippen molar-refractivity contribution in [2.75, 3.05) is 13.7 Å². The molecule has 0 fully saturated rings. The van der Waals surface area contributed by atoms with E-state index in [0.717, 1.165) is 7.11 Å². The van der Waals surface area contributed by atoms with Gasteiger partial charge in [0.2, 0.25) is 0 Å². The van der Waals surface area contributed by atoms with Gasteiger partial charge in [0.15, 0.2) is 0 Å². The number of aliphatic hydroxyl groups is 2. The highest BCUT2D eigenvalue weighted by Crippen LogP contribution is 2.29. The molecule has 0 spiro atoms. The van der Waals surface area contributed by atoms with Gasteiger partial charge in [0.1, 0.15) is 17.5 Å². The number of nitrogens with zero attached hydrogens (tertiary/aromatic N) is 4. The molecule has 1 aromatic carbocycles. The molecule has 1 aromatic rings. The number of azide groups is 1. The van der Waals surface area contributed by atoms with Crippen LogP contribution in [0.3, 0.4) is 0 Å². The summed E-state index contributed by atoms with van der Waals surface area (Å²) in [5, 5.41) is 33.7. The van der Waals surface area contributed by atoms with Gasteiger partial charge in [-0.15, -0.1) is 0 Å². The Kier molecular flexibility index (Phi) is 6.39. The van der Waals surface area contributed by atoms with Crippen LogP contribution in [0.4, 0.5) is 10.1 Å². The fraction of sp³-hybridized carbons (Fsp3) is 0.417. The first kappa shape index (κ1) is 18.3. The summed E-state index contributed by atoms with van der Waals surface area (Å²) >= 11 is 0. The minimum atomic E-state index is -1.80. The number of methoxy groups -OCH3 is 1. The van der Waals surface area contributed by atoms with E-state index in [-0.39, 0.29) is 13.0 Å². The lowest BCUT2D eigenvalue weighted by Crippen LogP contribution is -2.21. The molecule has 0 amide bonds. The van der Waals surface area contributed by atoms with Crippen molar-refractivity contribution >= 4 is 11.7 Å². The van der Waals surface area contributed by atoms with Gasteiger partial charge >= 0.3 is 5.97 Å². The van der Waals surface area contributed by atoms with Crippen molar-refractivity contribution in [3.05, 3.63) is 49.6 Å². The van der Waals surface area contributed by atoms with E-state index in [1.807, 2.05) is 0 Å². The van der Waals surface area contributed by atoms with E-state index in [1.165, 1.54) is 0 Å². The fourth-order valence-corrected chi connectivity index (χ4v) is 1.83. The molecule has 0 aromatic heterocycles. The molecule has 0 bridgehead atoms. The van der Waals surface area contributed by atoms with Gasteiger partial charge in [-0.25, -0.2) is 9.18 Å². The standard InChI is InChI=1S/C12H13FN4O6/c1-23-12(20)7-4-8(13)6(5-9(7)17(21)22)11(19)10(18)2-3-15-16-14/h4-5,10-11,18-19H,2-3H2,1H3. The van der Waals surface area contributed by atoms with Crippen LogP contribution in [-0.4, -0.2) is 40.9 Å². The van der Waals surface area contributed by atoms with Crippen LogP contribution in [0.1, 0.15) is 28.4 Å². The second kappa shape index (κ2) is 8.03. The first-order valence-electron chi connectivity index (χ1n) is 6.26. The van der Waals surface area contributed by atoms with Crippen LogP contribution in [0.5, 0.6) is 0 Å². The quantitative estimate of drug-likeness (QED) is 0.193. The third kappa shape index (κ3) is 4.36. The van der Waals surface area contributed by atoms with Gasteiger partial charge in [0.05, 0.1) is 18.1 Å². The monoisotopic (exact) mass is 328 g/mol. The van der Waals surface area contributed by atoms with Gasteiger partial charge in [-0.05, 0) is 18.0 Å². The summed E-state index contributed by atoms with van der Waals surface area (Å²) in [6.45, 7) is -0.154. The van der Waals surface area contributed by atoms with Gasteiger partial charge in [-0.1, -0.05) is 5.11 Å². The molecule has 0 aliphatic heterocycles. The summed E-state index contributed by atoms with van der Waals surface area (Å²) in [5.74, 6) is -2.23. The van der Waals surface area contributed by atoms with Crippen molar-refractivity contribution in [1.82, 2.24) is 0 Å². The van der Waals surface area contributed by atoms with Gasteiger partial charge in [-0.3, -0.25) is 10.1 Å². The molecule has 2 atom stereocenters. The molecular weight excluding hydrogens is 315 g/mol. The molecule has 23 heavy (non-hydrogen) atoms. The SMILES string of the molecule is COC(=O)c1cc(F)c(C(O)C(O)CCN=[N+]=[N-])cc1[N+](=O)[O-]. The van der Waals surface area contributed by atoms with Crippen molar-refractivity contribution < 1.29 is 29.1 Å². The van der Waals surface area contributed by atoms with Crippen molar-refractivity contribution in [2.24, 2.45) is 5.11 Å². The lowest BCUT2D eigenvalue weighted by Gasteiger charge is -2.18. The van der Waals surface area contributed by atoms with Crippen LogP contribution < -0.4 is 0 Å². The number of hydrogen-bond donors (Lipinski definition) is 2. The van der Waals surface area contributed by atoms with E-state index < -0.39 is 45.7 Å². The van der Waals surface area contributed by atoms with Gasteiger partial charge in [-0.2, -0.15) is 0 Å². The van der Waals surface area contributed by atoms with Crippen LogP contribution in [0.25, 0.3) is 10.4 Å². The second-order valence-corrected chi connectivity index (χ2v) is 4.39. The number of halogens is 1. The number of ether oxygens (including phenoxy) is 1. The molecule has 2 N–H and O–H groups in total. The number of carbonyl (C=O) groups is 1. The second-order valence-electron chi connectivity index (χ2n) is 4.39. The van der Waals surface area contributed by atoms with E-state index in [0.29, 0.717) is 12.1 Å². The molecule has 10 nitrogen and oxygen atoms in total. The zero-order valence-electron chi connectivity index (χ0n) is 11.9. The minimum absolute atomic E-state index is 0.154. The molecule has 0 heterocycles. The number of hydrogen-bond acceptors (Lipinski definition) is 7. The van der Waals surface area contributed by atoms with Crippen molar-refractivity contribution in [2.45, 2.75) is 18.6 Å². The number of benzene rings is 1. The molecule has 2 unspecified atom stereocenters. The summed E-state index contributed by atoms with van der Waals surface area (Å²) in [5.41, 5.74) is 6.18. The van der Waals surface area contributed by atoms with E-state index in [1.54, 1.807) is 0 Å². The Morgan fingerprint density at radius 3 is 2.74 bits per heavy atom. The number of nitro groups is 1. The van der Waals surface area contributed by atoms with Crippen LogP contribution in [-0.2, 0) is 4.74 Å². The average molecular weight is 328 g/mol. The molecular formula is C12H13FN4O6. The molecule has 0 aliphatic rings.